The predicted molar refractivity (Wildman–Crippen MR) is 84.8 cm³/mol. The standard InChI is InChI=1S/C16H20NO2P/c1-3-19-20(18,4-2)17(15-11-7-5-8-12-15)16-13-9-6-10-14-16/h5-14H,3-4H2,1-2H3. The molecule has 0 saturated heterocycles. The monoisotopic (exact) mass is 289 g/mol. The normalized spacial score (nSPS) is 13.7. The molecule has 0 aromatic heterocycles. The molecule has 0 radical (unpaired) electrons. The Morgan fingerprint density at radius 3 is 1.70 bits per heavy atom. The molecule has 1 atom stereocenters. The summed E-state index contributed by atoms with van der Waals surface area (Å²) in [6.07, 6.45) is 0.463. The van der Waals surface area contributed by atoms with Gasteiger partial charge in [-0.3, -0.25) is 9.24 Å². The summed E-state index contributed by atoms with van der Waals surface area (Å²) >= 11 is 0. The highest BCUT2D eigenvalue weighted by Gasteiger charge is 2.31. The van der Waals surface area contributed by atoms with Crippen molar-refractivity contribution in [3.63, 3.8) is 0 Å². The van der Waals surface area contributed by atoms with Gasteiger partial charge in [-0.2, -0.15) is 0 Å². The van der Waals surface area contributed by atoms with Crippen LogP contribution in [-0.2, 0) is 9.09 Å². The highest BCUT2D eigenvalue weighted by Crippen LogP contribution is 2.56. The van der Waals surface area contributed by atoms with Crippen LogP contribution in [0.2, 0.25) is 0 Å². The molecule has 106 valence electrons. The molecule has 1 unspecified atom stereocenters. The predicted octanol–water partition coefficient (Wildman–Crippen LogP) is 5.07. The fraction of sp³-hybridized carbons (Fsp3) is 0.250. The van der Waals surface area contributed by atoms with Gasteiger partial charge in [0.15, 0.2) is 0 Å². The van der Waals surface area contributed by atoms with Crippen molar-refractivity contribution in [3.05, 3.63) is 60.7 Å². The number of benzene rings is 2. The van der Waals surface area contributed by atoms with E-state index in [9.17, 15) is 4.57 Å². The molecule has 0 heterocycles. The minimum absolute atomic E-state index is 0.432. The largest absolute Gasteiger partial charge is 0.313 e. The first-order chi connectivity index (χ1) is 9.71. The highest BCUT2D eigenvalue weighted by atomic mass is 31.2. The van der Waals surface area contributed by atoms with Crippen molar-refractivity contribution in [1.29, 1.82) is 0 Å². The van der Waals surface area contributed by atoms with E-state index in [0.29, 0.717) is 12.8 Å². The summed E-state index contributed by atoms with van der Waals surface area (Å²) < 4.78 is 20.6. The van der Waals surface area contributed by atoms with E-state index in [1.54, 1.807) is 0 Å². The van der Waals surface area contributed by atoms with Crippen LogP contribution in [0.4, 0.5) is 11.4 Å². The summed E-state index contributed by atoms with van der Waals surface area (Å²) in [5.74, 6) is 0. The molecule has 4 heteroatoms. The number of para-hydroxylation sites is 2. The first kappa shape index (κ1) is 14.8. The van der Waals surface area contributed by atoms with Gasteiger partial charge in [-0.15, -0.1) is 0 Å². The number of anilines is 2. The summed E-state index contributed by atoms with van der Waals surface area (Å²) in [4.78, 5) is 0. The van der Waals surface area contributed by atoms with Gasteiger partial charge in [0.2, 0.25) is 0 Å². The Bertz CT molecular complexity index is 532. The molecule has 0 spiro atoms. The molecule has 0 amide bonds. The molecule has 0 saturated carbocycles. The molecule has 0 aliphatic carbocycles. The van der Waals surface area contributed by atoms with Gasteiger partial charge in [0, 0.05) is 17.5 Å². The van der Waals surface area contributed by atoms with Crippen LogP contribution in [0, 0.1) is 0 Å². The lowest BCUT2D eigenvalue weighted by Crippen LogP contribution is -2.17. The average Bonchev–Trinajstić information content (AvgIpc) is 2.50. The van der Waals surface area contributed by atoms with E-state index in [0.717, 1.165) is 11.4 Å². The van der Waals surface area contributed by atoms with E-state index in [-0.39, 0.29) is 0 Å². The summed E-state index contributed by atoms with van der Waals surface area (Å²) in [5, 5.41) is 0. The zero-order valence-electron chi connectivity index (χ0n) is 11.9. The molecular formula is C16H20NO2P. The maximum atomic E-state index is 13.2. The third-order valence-electron chi connectivity index (χ3n) is 3.04. The number of hydrogen-bond acceptors (Lipinski definition) is 2. The van der Waals surface area contributed by atoms with Crippen LogP contribution >= 0.6 is 7.52 Å². The maximum absolute atomic E-state index is 13.2. The van der Waals surface area contributed by atoms with Crippen molar-refractivity contribution >= 4 is 18.9 Å². The molecular weight excluding hydrogens is 269 g/mol. The van der Waals surface area contributed by atoms with E-state index in [1.807, 2.05) is 79.2 Å². The number of nitrogens with zero attached hydrogens (tertiary/aromatic N) is 1. The van der Waals surface area contributed by atoms with E-state index in [2.05, 4.69) is 0 Å². The summed E-state index contributed by atoms with van der Waals surface area (Å²) in [5.41, 5.74) is 1.77. The SMILES string of the molecule is CCOP(=O)(CC)N(c1ccccc1)c1ccccc1. The first-order valence-electron chi connectivity index (χ1n) is 6.85. The summed E-state index contributed by atoms with van der Waals surface area (Å²) in [6.45, 7) is 4.20. The van der Waals surface area contributed by atoms with Crippen molar-refractivity contribution in [1.82, 2.24) is 0 Å². The van der Waals surface area contributed by atoms with Crippen molar-refractivity contribution < 1.29 is 9.09 Å². The summed E-state index contributed by atoms with van der Waals surface area (Å²) in [7, 11) is -2.92. The van der Waals surface area contributed by atoms with Crippen molar-refractivity contribution in [2.75, 3.05) is 17.4 Å². The fourth-order valence-electron chi connectivity index (χ4n) is 2.13. The molecule has 20 heavy (non-hydrogen) atoms. The van der Waals surface area contributed by atoms with Gasteiger partial charge in [0.1, 0.15) is 0 Å². The van der Waals surface area contributed by atoms with Gasteiger partial charge in [-0.1, -0.05) is 43.3 Å². The van der Waals surface area contributed by atoms with E-state index < -0.39 is 7.52 Å². The molecule has 2 aromatic carbocycles. The Hall–Kier alpha value is -1.57. The molecule has 0 fully saturated rings. The Balaban J connectivity index is 2.53. The van der Waals surface area contributed by atoms with Crippen LogP contribution in [0.1, 0.15) is 13.8 Å². The lowest BCUT2D eigenvalue weighted by molar-refractivity contribution is 0.334. The Kier molecular flexibility index (Phi) is 4.99. The van der Waals surface area contributed by atoms with Crippen LogP contribution in [0.3, 0.4) is 0 Å². The smallest absolute Gasteiger partial charge is 0.300 e. The van der Waals surface area contributed by atoms with Gasteiger partial charge >= 0.3 is 0 Å². The second-order valence-electron chi connectivity index (χ2n) is 4.35. The van der Waals surface area contributed by atoms with Crippen LogP contribution in [0.25, 0.3) is 0 Å². The molecule has 0 bridgehead atoms. The molecule has 3 nitrogen and oxygen atoms in total. The zero-order valence-corrected chi connectivity index (χ0v) is 12.8. The van der Waals surface area contributed by atoms with E-state index in [1.165, 1.54) is 0 Å². The van der Waals surface area contributed by atoms with Gasteiger partial charge < -0.3 is 4.52 Å². The van der Waals surface area contributed by atoms with Crippen LogP contribution in [0.15, 0.2) is 60.7 Å². The lowest BCUT2D eigenvalue weighted by atomic mass is 10.3. The lowest BCUT2D eigenvalue weighted by Gasteiger charge is -2.32. The van der Waals surface area contributed by atoms with Crippen molar-refractivity contribution in [2.45, 2.75) is 13.8 Å². The molecule has 0 aliphatic rings. The third kappa shape index (κ3) is 3.12. The topological polar surface area (TPSA) is 29.5 Å². The van der Waals surface area contributed by atoms with Gasteiger partial charge in [0.05, 0.1) is 6.61 Å². The highest BCUT2D eigenvalue weighted by molar-refractivity contribution is 7.61. The minimum Gasteiger partial charge on any atom is -0.313 e. The molecule has 2 rings (SSSR count). The Labute approximate surface area is 120 Å². The fourth-order valence-corrected chi connectivity index (χ4v) is 4.09. The quantitative estimate of drug-likeness (QED) is 0.695. The van der Waals surface area contributed by atoms with Crippen LogP contribution in [0.5, 0.6) is 0 Å². The molecule has 2 aromatic rings. The maximum Gasteiger partial charge on any atom is 0.300 e. The van der Waals surface area contributed by atoms with E-state index >= 15 is 0 Å². The minimum atomic E-state index is -2.92. The zero-order chi connectivity index (χ0) is 14.4. The molecule has 0 aliphatic heterocycles. The van der Waals surface area contributed by atoms with Gasteiger partial charge in [0.25, 0.3) is 7.52 Å². The van der Waals surface area contributed by atoms with E-state index in [4.69, 9.17) is 4.52 Å². The number of rotatable bonds is 6. The van der Waals surface area contributed by atoms with Crippen LogP contribution in [-0.4, -0.2) is 12.8 Å². The van der Waals surface area contributed by atoms with Crippen LogP contribution < -0.4 is 4.67 Å². The second kappa shape index (κ2) is 6.74. The Morgan fingerprint density at radius 1 is 0.900 bits per heavy atom. The van der Waals surface area contributed by atoms with Gasteiger partial charge in [-0.05, 0) is 31.2 Å². The van der Waals surface area contributed by atoms with Crippen molar-refractivity contribution in [2.24, 2.45) is 0 Å². The van der Waals surface area contributed by atoms with Crippen molar-refractivity contribution in [3.8, 4) is 0 Å². The number of hydrogen-bond donors (Lipinski definition) is 0. The van der Waals surface area contributed by atoms with Gasteiger partial charge in [-0.25, -0.2) is 0 Å². The average molecular weight is 289 g/mol. The second-order valence-corrected chi connectivity index (χ2v) is 6.92. The Morgan fingerprint density at radius 2 is 1.35 bits per heavy atom. The molecule has 0 N–H and O–H groups in total. The third-order valence-corrected chi connectivity index (χ3v) is 5.57. The first-order valence-corrected chi connectivity index (χ1v) is 8.62. The summed E-state index contributed by atoms with van der Waals surface area (Å²) in [6, 6.07) is 19.5.